The minimum absolute atomic E-state index is 0.154. The third-order valence-corrected chi connectivity index (χ3v) is 5.85. The van der Waals surface area contributed by atoms with Gasteiger partial charge in [0, 0.05) is 11.9 Å². The number of aryl methyl sites for hydroxylation is 1. The Morgan fingerprint density at radius 1 is 1.17 bits per heavy atom. The van der Waals surface area contributed by atoms with Crippen molar-refractivity contribution in [2.75, 3.05) is 11.9 Å². The molecule has 2 aromatic heterocycles. The summed E-state index contributed by atoms with van der Waals surface area (Å²) in [5.41, 5.74) is 1.15. The molecule has 0 aliphatic rings. The smallest absolute Gasteiger partial charge is 0.274 e. The summed E-state index contributed by atoms with van der Waals surface area (Å²) < 4.78 is 7.96. The monoisotopic (exact) mass is 422 g/mol. The molecule has 0 radical (unpaired) electrons. The molecule has 1 N–H and O–H groups in total. The van der Waals surface area contributed by atoms with Crippen LogP contribution in [0.2, 0.25) is 0 Å². The fraction of sp³-hybridized carbons (Fsp3) is 0.273. The van der Waals surface area contributed by atoms with Gasteiger partial charge in [0.2, 0.25) is 5.91 Å². The second-order valence-electron chi connectivity index (χ2n) is 6.82. The van der Waals surface area contributed by atoms with E-state index in [1.54, 1.807) is 13.0 Å². The average Bonchev–Trinajstić information content (AvgIpc) is 3.17. The standard InChI is InChI=1S/C22H22N4O3S/c1-4-26-21(28)15-10-7-6-9-14(15)18(25-26)13(3)20(27)24-22-23-19-16(29-5-2)11-8-12-17(19)30-22/h6-13H,4-5H2,1-3H3,(H,23,24,27). The van der Waals surface area contributed by atoms with Crippen LogP contribution in [0.15, 0.2) is 47.3 Å². The molecule has 1 atom stereocenters. The van der Waals surface area contributed by atoms with E-state index in [0.29, 0.717) is 40.5 Å². The highest BCUT2D eigenvalue weighted by molar-refractivity contribution is 7.22. The van der Waals surface area contributed by atoms with Gasteiger partial charge in [-0.2, -0.15) is 5.10 Å². The first kappa shape index (κ1) is 20.0. The largest absolute Gasteiger partial charge is 0.492 e. The molecule has 1 unspecified atom stereocenters. The topological polar surface area (TPSA) is 86.1 Å². The number of fused-ring (bicyclic) bond motifs is 2. The van der Waals surface area contributed by atoms with Crippen molar-refractivity contribution in [1.82, 2.24) is 14.8 Å². The lowest BCUT2D eigenvalue weighted by Gasteiger charge is -2.14. The maximum absolute atomic E-state index is 13.0. The maximum Gasteiger partial charge on any atom is 0.274 e. The first-order valence-electron chi connectivity index (χ1n) is 9.86. The van der Waals surface area contributed by atoms with Crippen LogP contribution in [0.3, 0.4) is 0 Å². The van der Waals surface area contributed by atoms with E-state index in [4.69, 9.17) is 4.74 Å². The number of aromatic nitrogens is 3. The molecule has 30 heavy (non-hydrogen) atoms. The molecule has 2 heterocycles. The zero-order chi connectivity index (χ0) is 21.3. The van der Waals surface area contributed by atoms with Crippen molar-refractivity contribution in [2.24, 2.45) is 0 Å². The van der Waals surface area contributed by atoms with E-state index in [1.165, 1.54) is 16.0 Å². The molecule has 2 aromatic carbocycles. The summed E-state index contributed by atoms with van der Waals surface area (Å²) in [6.07, 6.45) is 0. The van der Waals surface area contributed by atoms with Gasteiger partial charge in [0.1, 0.15) is 11.3 Å². The van der Waals surface area contributed by atoms with Gasteiger partial charge in [0.05, 0.1) is 28.3 Å². The number of carbonyl (C=O) groups excluding carboxylic acids is 1. The molecule has 4 aromatic rings. The summed E-state index contributed by atoms with van der Waals surface area (Å²) >= 11 is 1.39. The number of thiazole rings is 1. The van der Waals surface area contributed by atoms with E-state index in [2.05, 4.69) is 15.4 Å². The third kappa shape index (κ3) is 3.54. The fourth-order valence-electron chi connectivity index (χ4n) is 3.38. The normalized spacial score (nSPS) is 12.2. The lowest BCUT2D eigenvalue weighted by Crippen LogP contribution is -2.27. The third-order valence-electron chi connectivity index (χ3n) is 4.91. The Hall–Kier alpha value is -3.26. The number of ether oxygens (including phenoxy) is 1. The molecular weight excluding hydrogens is 400 g/mol. The van der Waals surface area contributed by atoms with E-state index in [1.807, 2.05) is 50.2 Å². The van der Waals surface area contributed by atoms with Crippen molar-refractivity contribution in [3.63, 3.8) is 0 Å². The van der Waals surface area contributed by atoms with Gasteiger partial charge in [-0.1, -0.05) is 35.6 Å². The van der Waals surface area contributed by atoms with Crippen molar-refractivity contribution >= 4 is 43.4 Å². The molecule has 4 rings (SSSR count). The molecule has 8 heteroatoms. The Morgan fingerprint density at radius 2 is 1.93 bits per heavy atom. The quantitative estimate of drug-likeness (QED) is 0.504. The molecular formula is C22H22N4O3S. The van der Waals surface area contributed by atoms with Crippen LogP contribution >= 0.6 is 11.3 Å². The van der Waals surface area contributed by atoms with Crippen molar-refractivity contribution in [1.29, 1.82) is 0 Å². The van der Waals surface area contributed by atoms with Gasteiger partial charge >= 0.3 is 0 Å². The van der Waals surface area contributed by atoms with E-state index in [0.717, 1.165) is 10.2 Å². The lowest BCUT2D eigenvalue weighted by molar-refractivity contribution is -0.117. The maximum atomic E-state index is 13.0. The Kier molecular flexibility index (Phi) is 5.50. The first-order chi connectivity index (χ1) is 14.5. The number of nitrogens with zero attached hydrogens (tertiary/aromatic N) is 3. The second-order valence-corrected chi connectivity index (χ2v) is 7.85. The highest BCUT2D eigenvalue weighted by atomic mass is 32.1. The van der Waals surface area contributed by atoms with E-state index >= 15 is 0 Å². The Balaban J connectivity index is 1.68. The molecule has 7 nitrogen and oxygen atoms in total. The number of hydrogen-bond donors (Lipinski definition) is 1. The summed E-state index contributed by atoms with van der Waals surface area (Å²) in [6, 6.07) is 13.0. The van der Waals surface area contributed by atoms with E-state index < -0.39 is 5.92 Å². The zero-order valence-electron chi connectivity index (χ0n) is 17.0. The average molecular weight is 423 g/mol. The number of nitrogens with one attached hydrogen (secondary N) is 1. The van der Waals surface area contributed by atoms with Gasteiger partial charge in [0.25, 0.3) is 5.56 Å². The van der Waals surface area contributed by atoms with Crippen LogP contribution in [0.5, 0.6) is 5.75 Å². The number of anilines is 1. The van der Waals surface area contributed by atoms with Gasteiger partial charge < -0.3 is 10.1 Å². The number of carbonyl (C=O) groups is 1. The van der Waals surface area contributed by atoms with Crippen molar-refractivity contribution in [3.8, 4) is 5.75 Å². The summed E-state index contributed by atoms with van der Waals surface area (Å²) in [5.74, 6) is -0.0971. The first-order valence-corrected chi connectivity index (χ1v) is 10.7. The van der Waals surface area contributed by atoms with Crippen LogP contribution in [0.1, 0.15) is 32.4 Å². The molecule has 154 valence electrons. The number of hydrogen-bond acceptors (Lipinski definition) is 6. The minimum atomic E-state index is -0.563. The Labute approximate surface area is 177 Å². The number of benzene rings is 2. The highest BCUT2D eigenvalue weighted by Crippen LogP contribution is 2.33. The molecule has 0 fully saturated rings. The molecule has 0 bridgehead atoms. The summed E-state index contributed by atoms with van der Waals surface area (Å²) in [6.45, 7) is 6.54. The van der Waals surface area contributed by atoms with Crippen molar-refractivity contribution < 1.29 is 9.53 Å². The van der Waals surface area contributed by atoms with Crippen LogP contribution in [0.4, 0.5) is 5.13 Å². The summed E-state index contributed by atoms with van der Waals surface area (Å²) in [7, 11) is 0. The predicted molar refractivity (Wildman–Crippen MR) is 120 cm³/mol. The zero-order valence-corrected chi connectivity index (χ0v) is 17.8. The Bertz CT molecular complexity index is 1290. The fourth-order valence-corrected chi connectivity index (χ4v) is 4.27. The number of para-hydroxylation sites is 1. The minimum Gasteiger partial charge on any atom is -0.492 e. The van der Waals surface area contributed by atoms with Crippen LogP contribution in [-0.2, 0) is 11.3 Å². The van der Waals surface area contributed by atoms with Gasteiger partial charge in [-0.15, -0.1) is 0 Å². The molecule has 0 aliphatic carbocycles. The van der Waals surface area contributed by atoms with Gasteiger partial charge in [-0.3, -0.25) is 9.59 Å². The van der Waals surface area contributed by atoms with Gasteiger partial charge in [0.15, 0.2) is 5.13 Å². The molecule has 0 spiro atoms. The van der Waals surface area contributed by atoms with E-state index in [9.17, 15) is 9.59 Å². The molecule has 0 saturated carbocycles. The highest BCUT2D eigenvalue weighted by Gasteiger charge is 2.23. The van der Waals surface area contributed by atoms with Crippen LogP contribution < -0.4 is 15.6 Å². The van der Waals surface area contributed by atoms with Crippen molar-refractivity contribution in [3.05, 3.63) is 58.5 Å². The SMILES string of the molecule is CCOc1cccc2sc(NC(=O)C(C)c3nn(CC)c(=O)c4ccccc34)nc12. The van der Waals surface area contributed by atoms with Gasteiger partial charge in [-0.25, -0.2) is 9.67 Å². The van der Waals surface area contributed by atoms with Gasteiger partial charge in [-0.05, 0) is 39.0 Å². The number of rotatable bonds is 6. The molecule has 1 amide bonds. The predicted octanol–water partition coefficient (Wildman–Crippen LogP) is 4.17. The molecule has 0 saturated heterocycles. The molecule has 0 aliphatic heterocycles. The van der Waals surface area contributed by atoms with Crippen LogP contribution in [0.25, 0.3) is 21.0 Å². The Morgan fingerprint density at radius 3 is 2.67 bits per heavy atom. The summed E-state index contributed by atoms with van der Waals surface area (Å²) in [5, 5.41) is 9.13. The lowest BCUT2D eigenvalue weighted by atomic mass is 10.0. The number of amides is 1. The van der Waals surface area contributed by atoms with E-state index in [-0.39, 0.29) is 11.5 Å². The van der Waals surface area contributed by atoms with Crippen molar-refractivity contribution in [2.45, 2.75) is 33.2 Å². The summed E-state index contributed by atoms with van der Waals surface area (Å²) in [4.78, 5) is 30.1. The van der Waals surface area contributed by atoms with Crippen LogP contribution in [-0.4, -0.2) is 27.3 Å². The van der Waals surface area contributed by atoms with Crippen LogP contribution in [0, 0.1) is 0 Å². The second kappa shape index (κ2) is 8.23.